The van der Waals surface area contributed by atoms with E-state index in [1.54, 1.807) is 0 Å². The van der Waals surface area contributed by atoms with E-state index in [0.29, 0.717) is 0 Å². The SMILES string of the molecule is Clc1cccc(C2=NNCC2)c1. The van der Waals surface area contributed by atoms with Crippen LogP contribution >= 0.6 is 11.6 Å². The molecule has 0 radical (unpaired) electrons. The predicted octanol–water partition coefficient (Wildman–Crippen LogP) is 2.04. The van der Waals surface area contributed by atoms with Crippen molar-refractivity contribution in [2.45, 2.75) is 6.42 Å². The standard InChI is InChI=1S/C9H9ClN2/c10-8-3-1-2-7(6-8)9-4-5-11-12-9/h1-3,6,11H,4-5H2. The smallest absolute Gasteiger partial charge is 0.0693 e. The van der Waals surface area contributed by atoms with E-state index in [1.807, 2.05) is 24.3 Å². The van der Waals surface area contributed by atoms with Gasteiger partial charge in [0, 0.05) is 18.0 Å². The molecule has 0 bridgehead atoms. The number of nitrogens with one attached hydrogen (secondary N) is 1. The lowest BCUT2D eigenvalue weighted by atomic mass is 10.1. The van der Waals surface area contributed by atoms with Crippen LogP contribution in [0.25, 0.3) is 0 Å². The minimum absolute atomic E-state index is 0.766. The summed E-state index contributed by atoms with van der Waals surface area (Å²) in [7, 11) is 0. The van der Waals surface area contributed by atoms with Crippen LogP contribution in [0.4, 0.5) is 0 Å². The van der Waals surface area contributed by atoms with Crippen molar-refractivity contribution in [1.82, 2.24) is 5.43 Å². The molecule has 0 atom stereocenters. The number of hydrazone groups is 1. The number of hydrogen-bond donors (Lipinski definition) is 1. The summed E-state index contributed by atoms with van der Waals surface area (Å²) in [6, 6.07) is 7.78. The van der Waals surface area contributed by atoms with Crippen LogP contribution < -0.4 is 5.43 Å². The fraction of sp³-hybridized carbons (Fsp3) is 0.222. The Morgan fingerprint density at radius 1 is 1.42 bits per heavy atom. The van der Waals surface area contributed by atoms with Crippen LogP contribution in [0.1, 0.15) is 12.0 Å². The molecule has 3 heteroatoms. The Kier molecular flexibility index (Phi) is 2.00. The monoisotopic (exact) mass is 180 g/mol. The van der Waals surface area contributed by atoms with Gasteiger partial charge in [-0.2, -0.15) is 5.10 Å². The van der Waals surface area contributed by atoms with Crippen molar-refractivity contribution < 1.29 is 0 Å². The molecular formula is C9H9ClN2. The third-order valence-corrected chi connectivity index (χ3v) is 2.08. The van der Waals surface area contributed by atoms with E-state index in [-0.39, 0.29) is 0 Å². The summed E-state index contributed by atoms with van der Waals surface area (Å²) in [5, 5.41) is 4.92. The molecule has 0 amide bonds. The Labute approximate surface area is 76.2 Å². The molecule has 0 saturated carbocycles. The average Bonchev–Trinajstić information content (AvgIpc) is 2.56. The van der Waals surface area contributed by atoms with Crippen molar-refractivity contribution in [2.75, 3.05) is 6.54 Å². The van der Waals surface area contributed by atoms with E-state index in [1.165, 1.54) is 0 Å². The Morgan fingerprint density at radius 3 is 3.00 bits per heavy atom. The first-order valence-corrected chi connectivity index (χ1v) is 4.29. The second kappa shape index (κ2) is 3.15. The molecule has 0 aromatic heterocycles. The van der Waals surface area contributed by atoms with E-state index < -0.39 is 0 Å². The fourth-order valence-electron chi connectivity index (χ4n) is 1.26. The van der Waals surface area contributed by atoms with E-state index in [2.05, 4.69) is 10.5 Å². The van der Waals surface area contributed by atoms with E-state index >= 15 is 0 Å². The van der Waals surface area contributed by atoms with Gasteiger partial charge in [-0.3, -0.25) is 0 Å². The van der Waals surface area contributed by atoms with Crippen LogP contribution in [-0.2, 0) is 0 Å². The minimum atomic E-state index is 0.766. The molecule has 12 heavy (non-hydrogen) atoms. The maximum absolute atomic E-state index is 5.85. The van der Waals surface area contributed by atoms with Gasteiger partial charge in [-0.25, -0.2) is 0 Å². The first-order chi connectivity index (χ1) is 5.86. The quantitative estimate of drug-likeness (QED) is 0.703. The molecule has 62 valence electrons. The van der Waals surface area contributed by atoms with Crippen LogP contribution in [0.2, 0.25) is 5.02 Å². The second-order valence-corrected chi connectivity index (χ2v) is 3.16. The maximum atomic E-state index is 5.85. The lowest BCUT2D eigenvalue weighted by Gasteiger charge is -1.98. The first-order valence-electron chi connectivity index (χ1n) is 3.91. The summed E-state index contributed by atoms with van der Waals surface area (Å²) in [5.41, 5.74) is 5.15. The van der Waals surface area contributed by atoms with Crippen molar-refractivity contribution >= 4 is 17.3 Å². The van der Waals surface area contributed by atoms with Crippen LogP contribution in [-0.4, -0.2) is 12.3 Å². The summed E-state index contributed by atoms with van der Waals surface area (Å²) in [5.74, 6) is 0. The summed E-state index contributed by atoms with van der Waals surface area (Å²) in [6.07, 6.45) is 0.986. The Bertz CT molecular complexity index is 320. The molecule has 2 rings (SSSR count). The van der Waals surface area contributed by atoms with Gasteiger partial charge >= 0.3 is 0 Å². The number of hydrogen-bond acceptors (Lipinski definition) is 2. The molecule has 1 N–H and O–H groups in total. The molecule has 0 aliphatic carbocycles. The summed E-state index contributed by atoms with van der Waals surface area (Å²) < 4.78 is 0. The zero-order valence-corrected chi connectivity index (χ0v) is 7.30. The van der Waals surface area contributed by atoms with Gasteiger partial charge in [0.05, 0.1) is 5.71 Å². The lowest BCUT2D eigenvalue weighted by molar-refractivity contribution is 0.813. The van der Waals surface area contributed by atoms with Crippen LogP contribution in [0.5, 0.6) is 0 Å². The van der Waals surface area contributed by atoms with E-state index in [4.69, 9.17) is 11.6 Å². The third-order valence-electron chi connectivity index (χ3n) is 1.85. The number of rotatable bonds is 1. The number of benzene rings is 1. The molecule has 0 unspecified atom stereocenters. The van der Waals surface area contributed by atoms with Gasteiger partial charge in [0.15, 0.2) is 0 Å². The van der Waals surface area contributed by atoms with Crippen molar-refractivity contribution in [3.63, 3.8) is 0 Å². The highest BCUT2D eigenvalue weighted by Crippen LogP contribution is 2.13. The first kappa shape index (κ1) is 7.62. The van der Waals surface area contributed by atoms with Gasteiger partial charge in [-0.1, -0.05) is 23.7 Å². The van der Waals surface area contributed by atoms with Crippen molar-refractivity contribution in [1.29, 1.82) is 0 Å². The van der Waals surface area contributed by atoms with Gasteiger partial charge in [0.25, 0.3) is 0 Å². The fourth-order valence-corrected chi connectivity index (χ4v) is 1.45. The highest BCUT2D eigenvalue weighted by atomic mass is 35.5. The van der Waals surface area contributed by atoms with Crippen LogP contribution in [0, 0.1) is 0 Å². The van der Waals surface area contributed by atoms with Crippen molar-refractivity contribution in [3.8, 4) is 0 Å². The van der Waals surface area contributed by atoms with Crippen LogP contribution in [0.3, 0.4) is 0 Å². The second-order valence-electron chi connectivity index (χ2n) is 2.73. The molecule has 0 fully saturated rings. The molecule has 0 spiro atoms. The summed E-state index contributed by atoms with van der Waals surface area (Å²) in [4.78, 5) is 0. The number of halogens is 1. The minimum Gasteiger partial charge on any atom is -0.309 e. The Morgan fingerprint density at radius 2 is 2.33 bits per heavy atom. The van der Waals surface area contributed by atoms with Crippen molar-refractivity contribution in [3.05, 3.63) is 34.9 Å². The molecule has 1 aliphatic rings. The van der Waals surface area contributed by atoms with Gasteiger partial charge in [0.2, 0.25) is 0 Å². The van der Waals surface area contributed by atoms with Crippen LogP contribution in [0.15, 0.2) is 29.4 Å². The summed E-state index contributed by atoms with van der Waals surface area (Å²) in [6.45, 7) is 0.932. The molecule has 1 heterocycles. The molecule has 0 saturated heterocycles. The zero-order chi connectivity index (χ0) is 8.39. The third kappa shape index (κ3) is 1.43. The van der Waals surface area contributed by atoms with Gasteiger partial charge in [0.1, 0.15) is 0 Å². The average molecular weight is 181 g/mol. The molecule has 1 aromatic carbocycles. The highest BCUT2D eigenvalue weighted by Gasteiger charge is 2.08. The summed E-state index contributed by atoms with van der Waals surface area (Å²) >= 11 is 5.85. The Hall–Kier alpha value is -1.02. The van der Waals surface area contributed by atoms with E-state index in [0.717, 1.165) is 29.3 Å². The Balaban J connectivity index is 2.33. The predicted molar refractivity (Wildman–Crippen MR) is 50.6 cm³/mol. The molecule has 1 aliphatic heterocycles. The zero-order valence-electron chi connectivity index (χ0n) is 6.55. The normalized spacial score (nSPS) is 15.6. The maximum Gasteiger partial charge on any atom is 0.0693 e. The number of nitrogens with zero attached hydrogens (tertiary/aromatic N) is 1. The lowest BCUT2D eigenvalue weighted by Crippen LogP contribution is -1.97. The van der Waals surface area contributed by atoms with Crippen molar-refractivity contribution in [2.24, 2.45) is 5.10 Å². The topological polar surface area (TPSA) is 24.4 Å². The molecular weight excluding hydrogens is 172 g/mol. The molecule has 1 aromatic rings. The van der Waals surface area contributed by atoms with Gasteiger partial charge in [-0.05, 0) is 17.7 Å². The largest absolute Gasteiger partial charge is 0.309 e. The van der Waals surface area contributed by atoms with Gasteiger partial charge < -0.3 is 5.43 Å². The highest BCUT2D eigenvalue weighted by molar-refractivity contribution is 6.31. The molecule has 2 nitrogen and oxygen atoms in total. The van der Waals surface area contributed by atoms with E-state index in [9.17, 15) is 0 Å². The van der Waals surface area contributed by atoms with Gasteiger partial charge in [-0.15, -0.1) is 0 Å².